The summed E-state index contributed by atoms with van der Waals surface area (Å²) in [6, 6.07) is 6.73. The fourth-order valence-corrected chi connectivity index (χ4v) is 5.48. The standard InChI is InChI=1S/C33H46F2N6O7Si/c1-32(2,47)33(34,35)22-12-10-15-25-28(22)38-26(41(25)21-48-18-19-49(5,6)7)20-40-17-11-14-24(30(40)44)36-29(43)23(37-31(45)46)13-8-9-16-27(42)39(3)4/h9-12,14-17,23,37,47H,8,13,18-21H2,1-7H3,(H,36,43)(H,45,46). The van der Waals surface area contributed by atoms with E-state index < -0.39 is 48.8 Å². The van der Waals surface area contributed by atoms with Crippen LogP contribution in [-0.4, -0.2) is 87.6 Å². The van der Waals surface area contributed by atoms with E-state index in [4.69, 9.17) is 4.74 Å². The Morgan fingerprint density at radius 2 is 1.84 bits per heavy atom. The van der Waals surface area contributed by atoms with Crippen molar-refractivity contribution in [1.82, 2.24) is 24.3 Å². The largest absolute Gasteiger partial charge is 0.465 e. The quantitative estimate of drug-likeness (QED) is 0.0966. The van der Waals surface area contributed by atoms with Crippen molar-refractivity contribution < 1.29 is 38.1 Å². The fourth-order valence-electron chi connectivity index (χ4n) is 4.72. The Kier molecular flexibility index (Phi) is 12.6. The molecule has 0 saturated carbocycles. The minimum absolute atomic E-state index is 0.00963. The van der Waals surface area contributed by atoms with Gasteiger partial charge in [-0.05, 0) is 57.0 Å². The zero-order valence-electron chi connectivity index (χ0n) is 28.9. The van der Waals surface area contributed by atoms with Crippen LogP contribution in [0.1, 0.15) is 38.1 Å². The summed E-state index contributed by atoms with van der Waals surface area (Å²) in [5.41, 5.74) is -3.40. The minimum Gasteiger partial charge on any atom is -0.465 e. The summed E-state index contributed by atoms with van der Waals surface area (Å²) in [7, 11) is 1.72. The van der Waals surface area contributed by atoms with E-state index in [-0.39, 0.29) is 49.1 Å². The number of hydrogen-bond acceptors (Lipinski definition) is 7. The fraction of sp³-hybridized carbons (Fsp3) is 0.485. The van der Waals surface area contributed by atoms with Crippen LogP contribution in [-0.2, 0) is 33.5 Å². The van der Waals surface area contributed by atoms with E-state index in [2.05, 4.69) is 35.3 Å². The number of aromatic nitrogens is 3. The van der Waals surface area contributed by atoms with Crippen molar-refractivity contribution in [2.45, 2.75) is 83.2 Å². The normalized spacial score (nSPS) is 13.1. The maximum atomic E-state index is 15.5. The maximum Gasteiger partial charge on any atom is 0.405 e. The third-order valence-corrected chi connectivity index (χ3v) is 9.41. The molecule has 0 aliphatic heterocycles. The number of para-hydroxylation sites is 1. The van der Waals surface area contributed by atoms with E-state index in [0.29, 0.717) is 12.1 Å². The van der Waals surface area contributed by atoms with Crippen LogP contribution >= 0.6 is 0 Å². The molecule has 3 rings (SSSR count). The van der Waals surface area contributed by atoms with Crippen molar-refractivity contribution in [3.63, 3.8) is 0 Å². The van der Waals surface area contributed by atoms with Gasteiger partial charge in [0.1, 0.15) is 29.9 Å². The summed E-state index contributed by atoms with van der Waals surface area (Å²) >= 11 is 0. The second kappa shape index (κ2) is 15.9. The van der Waals surface area contributed by atoms with Crippen LogP contribution in [0.3, 0.4) is 0 Å². The number of hydrogen-bond donors (Lipinski definition) is 4. The van der Waals surface area contributed by atoms with E-state index >= 15 is 8.78 Å². The lowest BCUT2D eigenvalue weighted by atomic mass is 9.92. The minimum atomic E-state index is -3.67. The van der Waals surface area contributed by atoms with Gasteiger partial charge in [0.15, 0.2) is 0 Å². The first kappa shape index (κ1) is 39.0. The van der Waals surface area contributed by atoms with Gasteiger partial charge in [0.2, 0.25) is 11.8 Å². The van der Waals surface area contributed by atoms with Gasteiger partial charge in [0.25, 0.3) is 5.56 Å². The number of benzene rings is 1. The molecule has 268 valence electrons. The number of halogens is 2. The van der Waals surface area contributed by atoms with Crippen molar-refractivity contribution in [3.05, 3.63) is 70.4 Å². The van der Waals surface area contributed by atoms with Crippen LogP contribution in [0.2, 0.25) is 25.7 Å². The highest BCUT2D eigenvalue weighted by molar-refractivity contribution is 6.76. The van der Waals surface area contributed by atoms with Crippen LogP contribution in [0.25, 0.3) is 11.0 Å². The molecule has 0 aliphatic carbocycles. The molecule has 0 saturated heterocycles. The molecule has 0 aliphatic rings. The van der Waals surface area contributed by atoms with Gasteiger partial charge in [-0.15, -0.1) is 0 Å². The summed E-state index contributed by atoms with van der Waals surface area (Å²) in [5.74, 6) is -4.50. The Labute approximate surface area is 284 Å². The first-order chi connectivity index (χ1) is 22.7. The molecule has 2 aromatic heterocycles. The summed E-state index contributed by atoms with van der Waals surface area (Å²) in [5, 5.41) is 24.2. The van der Waals surface area contributed by atoms with E-state index in [1.807, 2.05) is 0 Å². The molecular formula is C33H46F2N6O7Si. The molecule has 0 fully saturated rings. The van der Waals surface area contributed by atoms with Crippen LogP contribution in [0.4, 0.5) is 19.3 Å². The number of carbonyl (C=O) groups excluding carboxylic acids is 2. The molecule has 1 aromatic carbocycles. The monoisotopic (exact) mass is 704 g/mol. The van der Waals surface area contributed by atoms with Crippen LogP contribution in [0.15, 0.2) is 53.5 Å². The number of amides is 3. The van der Waals surface area contributed by atoms with E-state index in [9.17, 15) is 29.4 Å². The Morgan fingerprint density at radius 1 is 1.14 bits per heavy atom. The summed E-state index contributed by atoms with van der Waals surface area (Å²) in [6.45, 7) is 8.84. The molecule has 0 spiro atoms. The molecular weight excluding hydrogens is 658 g/mol. The van der Waals surface area contributed by atoms with Gasteiger partial charge in [-0.25, -0.2) is 9.78 Å². The predicted molar refractivity (Wildman–Crippen MR) is 184 cm³/mol. The first-order valence-corrected chi connectivity index (χ1v) is 19.5. The highest BCUT2D eigenvalue weighted by Gasteiger charge is 2.48. The number of rotatable bonds is 16. The first-order valence-electron chi connectivity index (χ1n) is 15.8. The Hall–Kier alpha value is -4.41. The van der Waals surface area contributed by atoms with Gasteiger partial charge in [-0.2, -0.15) is 8.78 Å². The lowest BCUT2D eigenvalue weighted by Crippen LogP contribution is -2.44. The van der Waals surface area contributed by atoms with Gasteiger partial charge in [0.05, 0.1) is 23.1 Å². The number of imidazole rings is 1. The number of carboxylic acid groups (broad SMARTS) is 1. The zero-order chi connectivity index (χ0) is 36.7. The van der Waals surface area contributed by atoms with Gasteiger partial charge in [-0.3, -0.25) is 14.4 Å². The molecule has 3 amide bonds. The van der Waals surface area contributed by atoms with E-state index in [1.54, 1.807) is 24.7 Å². The Balaban J connectivity index is 1.95. The second-order valence-electron chi connectivity index (χ2n) is 13.7. The molecule has 0 radical (unpaired) electrons. The number of likely N-dealkylation sites (N-methyl/N-ethyl adjacent to an activating group) is 1. The summed E-state index contributed by atoms with van der Waals surface area (Å²) in [4.78, 5) is 55.7. The van der Waals surface area contributed by atoms with Gasteiger partial charge in [-0.1, -0.05) is 37.8 Å². The topological polar surface area (TPSA) is 168 Å². The highest BCUT2D eigenvalue weighted by atomic mass is 28.3. The molecule has 1 unspecified atom stereocenters. The summed E-state index contributed by atoms with van der Waals surface area (Å²) < 4.78 is 39.7. The number of carbonyl (C=O) groups is 3. The molecule has 0 bridgehead atoms. The van der Waals surface area contributed by atoms with Crippen molar-refractivity contribution >= 4 is 42.7 Å². The molecule has 4 N–H and O–H groups in total. The molecule has 3 aromatic rings. The van der Waals surface area contributed by atoms with Gasteiger partial charge < -0.3 is 39.6 Å². The third kappa shape index (κ3) is 10.3. The maximum absolute atomic E-state index is 15.5. The number of nitrogens with zero attached hydrogens (tertiary/aromatic N) is 4. The van der Waals surface area contributed by atoms with Crippen molar-refractivity contribution in [1.29, 1.82) is 0 Å². The number of allylic oxidation sites excluding steroid dienone is 1. The van der Waals surface area contributed by atoms with Crippen LogP contribution < -0.4 is 16.2 Å². The van der Waals surface area contributed by atoms with Crippen molar-refractivity contribution in [2.24, 2.45) is 0 Å². The number of alkyl halides is 2. The number of ether oxygens (including phenoxy) is 1. The average molecular weight is 705 g/mol. The Bertz CT molecular complexity index is 1740. The average Bonchev–Trinajstić information content (AvgIpc) is 3.34. The second-order valence-corrected chi connectivity index (χ2v) is 19.3. The van der Waals surface area contributed by atoms with Gasteiger partial charge in [0, 0.05) is 35.0 Å². The summed E-state index contributed by atoms with van der Waals surface area (Å²) in [6.07, 6.45) is 3.03. The smallest absolute Gasteiger partial charge is 0.405 e. The number of aliphatic hydroxyl groups is 1. The third-order valence-electron chi connectivity index (χ3n) is 7.71. The van der Waals surface area contributed by atoms with Crippen molar-refractivity contribution in [3.8, 4) is 0 Å². The van der Waals surface area contributed by atoms with E-state index in [0.717, 1.165) is 19.9 Å². The zero-order valence-corrected chi connectivity index (χ0v) is 29.9. The Morgan fingerprint density at radius 3 is 2.45 bits per heavy atom. The van der Waals surface area contributed by atoms with Crippen LogP contribution in [0, 0.1) is 0 Å². The SMILES string of the molecule is CN(C)C(=O)C=CCCC(NC(=O)O)C(=O)Nc1cccn(Cc2nc3c(C(F)(F)C(C)(C)O)cccc3n2COCC[Si](C)(C)C)c1=O. The predicted octanol–water partition coefficient (Wildman–Crippen LogP) is 4.42. The number of fused-ring (bicyclic) bond motifs is 1. The molecule has 2 heterocycles. The molecule has 16 heteroatoms. The van der Waals surface area contributed by atoms with Crippen molar-refractivity contribution in [2.75, 3.05) is 26.0 Å². The molecule has 49 heavy (non-hydrogen) atoms. The van der Waals surface area contributed by atoms with Gasteiger partial charge >= 0.3 is 12.0 Å². The number of nitrogens with one attached hydrogen (secondary N) is 2. The number of anilines is 1. The highest BCUT2D eigenvalue weighted by Crippen LogP contribution is 2.41. The molecule has 1 atom stereocenters. The lowest BCUT2D eigenvalue weighted by Gasteiger charge is -2.29. The number of pyridine rings is 1. The lowest BCUT2D eigenvalue weighted by molar-refractivity contribution is -0.167. The van der Waals surface area contributed by atoms with E-state index in [1.165, 1.54) is 52.1 Å². The van der Waals surface area contributed by atoms with Crippen LogP contribution in [0.5, 0.6) is 0 Å². The molecule has 13 nitrogen and oxygen atoms in total.